The summed E-state index contributed by atoms with van der Waals surface area (Å²) in [6, 6.07) is 1.93. The van der Waals surface area contributed by atoms with Gasteiger partial charge in [0, 0.05) is 25.0 Å². The van der Waals surface area contributed by atoms with E-state index in [-0.39, 0.29) is 6.10 Å². The molecule has 1 aromatic rings. The minimum Gasteiger partial charge on any atom is -0.392 e. The summed E-state index contributed by atoms with van der Waals surface area (Å²) < 4.78 is 0. The van der Waals surface area contributed by atoms with Crippen LogP contribution in [0.25, 0.3) is 0 Å². The van der Waals surface area contributed by atoms with Gasteiger partial charge in [0.25, 0.3) is 0 Å². The Morgan fingerprint density at radius 2 is 2.20 bits per heavy atom. The summed E-state index contributed by atoms with van der Waals surface area (Å²) in [5.74, 6) is 0.402. The third kappa shape index (κ3) is 4.01. The molecule has 3 N–H and O–H groups in total. The van der Waals surface area contributed by atoms with Crippen LogP contribution >= 0.6 is 0 Å². The molecule has 1 unspecified atom stereocenters. The second-order valence-electron chi connectivity index (χ2n) is 3.86. The first-order valence-electron chi connectivity index (χ1n) is 5.64. The molecule has 4 heteroatoms. The normalized spacial score (nSPS) is 13.3. The van der Waals surface area contributed by atoms with Gasteiger partial charge in [0.2, 0.25) is 0 Å². The Bertz CT molecular complexity index is 244. The van der Waals surface area contributed by atoms with Crippen molar-refractivity contribution in [1.29, 1.82) is 0 Å². The van der Waals surface area contributed by atoms with Crippen molar-refractivity contribution in [1.82, 2.24) is 15.5 Å². The summed E-state index contributed by atoms with van der Waals surface area (Å²) in [6.07, 6.45) is 3.55. The lowest BCUT2D eigenvalue weighted by atomic mass is 9.96. The molecular weight excluding hydrogens is 190 g/mol. The lowest BCUT2D eigenvalue weighted by Gasteiger charge is -2.20. The van der Waals surface area contributed by atoms with Gasteiger partial charge in [-0.3, -0.25) is 5.10 Å². The Morgan fingerprint density at radius 1 is 1.47 bits per heavy atom. The Hall–Kier alpha value is -0.870. The van der Waals surface area contributed by atoms with E-state index < -0.39 is 0 Å². The Kier molecular flexibility index (Phi) is 5.36. The second-order valence-corrected chi connectivity index (χ2v) is 3.86. The predicted octanol–water partition coefficient (Wildman–Crippen LogP) is 1.30. The molecule has 1 atom stereocenters. The Labute approximate surface area is 91.1 Å². The van der Waals surface area contributed by atoms with Crippen LogP contribution in [0.15, 0.2) is 12.3 Å². The molecule has 1 rings (SSSR count). The van der Waals surface area contributed by atoms with Gasteiger partial charge in [-0.05, 0) is 12.0 Å². The quantitative estimate of drug-likeness (QED) is 0.637. The maximum absolute atomic E-state index is 9.85. The first kappa shape index (κ1) is 12.2. The molecule has 1 aromatic heterocycles. The Balaban J connectivity index is 2.19. The van der Waals surface area contributed by atoms with E-state index >= 15 is 0 Å². The summed E-state index contributed by atoms with van der Waals surface area (Å²) in [7, 11) is 0. The highest BCUT2D eigenvalue weighted by Gasteiger charge is 2.14. The zero-order valence-electron chi connectivity index (χ0n) is 9.53. The van der Waals surface area contributed by atoms with Gasteiger partial charge in [0.15, 0.2) is 0 Å². The highest BCUT2D eigenvalue weighted by Crippen LogP contribution is 2.12. The van der Waals surface area contributed by atoms with Crippen molar-refractivity contribution >= 4 is 0 Å². The van der Waals surface area contributed by atoms with Gasteiger partial charge < -0.3 is 10.4 Å². The van der Waals surface area contributed by atoms with E-state index in [4.69, 9.17) is 0 Å². The molecule has 86 valence electrons. The van der Waals surface area contributed by atoms with Crippen LogP contribution in [-0.2, 0) is 6.54 Å². The third-order valence-corrected chi connectivity index (χ3v) is 2.82. The van der Waals surface area contributed by atoms with Gasteiger partial charge >= 0.3 is 0 Å². The van der Waals surface area contributed by atoms with Crippen LogP contribution in [0.5, 0.6) is 0 Å². The fourth-order valence-electron chi connectivity index (χ4n) is 1.74. The topological polar surface area (TPSA) is 60.9 Å². The van der Waals surface area contributed by atoms with E-state index in [0.29, 0.717) is 12.5 Å². The van der Waals surface area contributed by atoms with Crippen molar-refractivity contribution < 1.29 is 5.11 Å². The second kappa shape index (κ2) is 6.58. The van der Waals surface area contributed by atoms with Crippen LogP contribution in [0, 0.1) is 5.92 Å². The van der Waals surface area contributed by atoms with Crippen LogP contribution in [0.1, 0.15) is 32.4 Å². The molecule has 0 saturated heterocycles. The van der Waals surface area contributed by atoms with Crippen molar-refractivity contribution in [3.8, 4) is 0 Å². The van der Waals surface area contributed by atoms with Gasteiger partial charge in [-0.1, -0.05) is 26.7 Å². The van der Waals surface area contributed by atoms with Gasteiger partial charge in [-0.2, -0.15) is 5.10 Å². The zero-order valence-corrected chi connectivity index (χ0v) is 9.53. The molecular formula is C11H21N3O. The molecule has 0 fully saturated rings. The molecule has 15 heavy (non-hydrogen) atoms. The third-order valence-electron chi connectivity index (χ3n) is 2.82. The molecule has 1 heterocycles. The molecule has 4 nitrogen and oxygen atoms in total. The average Bonchev–Trinajstić information content (AvgIpc) is 2.72. The summed E-state index contributed by atoms with van der Waals surface area (Å²) in [5, 5.41) is 19.8. The molecule has 0 aliphatic heterocycles. The predicted molar refractivity (Wildman–Crippen MR) is 60.4 cm³/mol. The summed E-state index contributed by atoms with van der Waals surface area (Å²) in [5.41, 5.74) is 1.05. The standard InChI is InChI=1S/C11H21N3O/c1-3-9(4-2)11(15)8-12-7-10-5-6-13-14-10/h5-6,9,11-12,15H,3-4,7-8H2,1-2H3,(H,13,14). The molecule has 0 bridgehead atoms. The fourth-order valence-corrected chi connectivity index (χ4v) is 1.74. The smallest absolute Gasteiger partial charge is 0.0692 e. The Morgan fingerprint density at radius 3 is 2.73 bits per heavy atom. The number of aromatic nitrogens is 2. The van der Waals surface area contributed by atoms with E-state index in [0.717, 1.165) is 25.1 Å². The molecule has 0 aliphatic rings. The average molecular weight is 211 g/mol. The number of nitrogens with one attached hydrogen (secondary N) is 2. The lowest BCUT2D eigenvalue weighted by molar-refractivity contribution is 0.101. The number of aromatic amines is 1. The van der Waals surface area contributed by atoms with Gasteiger partial charge in [0.1, 0.15) is 0 Å². The van der Waals surface area contributed by atoms with Crippen LogP contribution in [0.2, 0.25) is 0 Å². The number of nitrogens with zero attached hydrogens (tertiary/aromatic N) is 1. The van der Waals surface area contributed by atoms with Crippen molar-refractivity contribution in [2.24, 2.45) is 5.92 Å². The number of H-pyrrole nitrogens is 1. The monoisotopic (exact) mass is 211 g/mol. The molecule has 0 radical (unpaired) electrons. The van der Waals surface area contributed by atoms with Crippen LogP contribution in [0.3, 0.4) is 0 Å². The van der Waals surface area contributed by atoms with Gasteiger partial charge in [-0.15, -0.1) is 0 Å². The maximum atomic E-state index is 9.85. The molecule has 0 aliphatic carbocycles. The molecule has 0 amide bonds. The number of aliphatic hydroxyl groups excluding tert-OH is 1. The number of hydrogen-bond donors (Lipinski definition) is 3. The van der Waals surface area contributed by atoms with Crippen LogP contribution in [-0.4, -0.2) is 28.0 Å². The largest absolute Gasteiger partial charge is 0.392 e. The minimum atomic E-state index is -0.247. The highest BCUT2D eigenvalue weighted by atomic mass is 16.3. The van der Waals surface area contributed by atoms with Crippen molar-refractivity contribution in [2.75, 3.05) is 6.54 Å². The summed E-state index contributed by atoms with van der Waals surface area (Å²) >= 11 is 0. The molecule has 0 aromatic carbocycles. The SMILES string of the molecule is CCC(CC)C(O)CNCc1ccn[nH]1. The lowest BCUT2D eigenvalue weighted by Crippen LogP contribution is -2.32. The highest BCUT2D eigenvalue weighted by molar-refractivity contribution is 4.96. The van der Waals surface area contributed by atoms with Crippen molar-refractivity contribution in [3.05, 3.63) is 18.0 Å². The van der Waals surface area contributed by atoms with Gasteiger partial charge in [0.05, 0.1) is 6.10 Å². The van der Waals surface area contributed by atoms with E-state index in [9.17, 15) is 5.11 Å². The van der Waals surface area contributed by atoms with Crippen LogP contribution < -0.4 is 5.32 Å². The van der Waals surface area contributed by atoms with E-state index in [1.54, 1.807) is 6.20 Å². The van der Waals surface area contributed by atoms with Crippen molar-refractivity contribution in [3.63, 3.8) is 0 Å². The summed E-state index contributed by atoms with van der Waals surface area (Å²) in [6.45, 7) is 5.61. The number of rotatable bonds is 7. The first-order valence-corrected chi connectivity index (χ1v) is 5.64. The summed E-state index contributed by atoms with van der Waals surface area (Å²) in [4.78, 5) is 0. The van der Waals surface area contributed by atoms with Crippen LogP contribution in [0.4, 0.5) is 0 Å². The number of aliphatic hydroxyl groups is 1. The maximum Gasteiger partial charge on any atom is 0.0692 e. The number of hydrogen-bond acceptors (Lipinski definition) is 3. The zero-order chi connectivity index (χ0) is 11.1. The van der Waals surface area contributed by atoms with E-state index in [2.05, 4.69) is 29.4 Å². The fraction of sp³-hybridized carbons (Fsp3) is 0.727. The minimum absolute atomic E-state index is 0.247. The molecule has 0 spiro atoms. The van der Waals surface area contributed by atoms with Gasteiger partial charge in [-0.25, -0.2) is 0 Å². The van der Waals surface area contributed by atoms with Crippen molar-refractivity contribution in [2.45, 2.75) is 39.3 Å². The van der Waals surface area contributed by atoms with E-state index in [1.165, 1.54) is 0 Å². The molecule has 0 saturated carbocycles. The van der Waals surface area contributed by atoms with E-state index in [1.807, 2.05) is 6.07 Å². The first-order chi connectivity index (χ1) is 7.27.